The molecule has 3 nitrogen and oxygen atoms in total. The number of thiocarbonyl (C=S) groups is 1. The van der Waals surface area contributed by atoms with Gasteiger partial charge in [0.1, 0.15) is 10.8 Å². The van der Waals surface area contributed by atoms with Gasteiger partial charge < -0.3 is 11.1 Å². The van der Waals surface area contributed by atoms with Gasteiger partial charge in [0.05, 0.1) is 5.69 Å². The Morgan fingerprint density at radius 3 is 2.50 bits per heavy atom. The zero-order chi connectivity index (χ0) is 14.7. The molecule has 0 atom stereocenters. The number of benzene rings is 2. The van der Waals surface area contributed by atoms with Crippen molar-refractivity contribution in [2.24, 2.45) is 5.73 Å². The van der Waals surface area contributed by atoms with Gasteiger partial charge in [0, 0.05) is 15.6 Å². The highest BCUT2D eigenvalue weighted by molar-refractivity contribution is 9.10. The number of carbonyl (C=O) groups is 1. The van der Waals surface area contributed by atoms with Crippen molar-refractivity contribution in [1.29, 1.82) is 0 Å². The first kappa shape index (κ1) is 14.6. The maximum Gasteiger partial charge on any atom is 0.255 e. The van der Waals surface area contributed by atoms with E-state index >= 15 is 0 Å². The van der Waals surface area contributed by atoms with Gasteiger partial charge in [0.25, 0.3) is 5.91 Å². The zero-order valence-corrected chi connectivity index (χ0v) is 12.6. The van der Waals surface area contributed by atoms with E-state index in [1.54, 1.807) is 36.4 Å². The summed E-state index contributed by atoms with van der Waals surface area (Å²) in [6.07, 6.45) is 0. The fourth-order valence-corrected chi connectivity index (χ4v) is 2.18. The van der Waals surface area contributed by atoms with Crippen molar-refractivity contribution in [3.05, 3.63) is 63.9 Å². The SMILES string of the molecule is NC(=S)c1cccc(C(=O)Nc2c(F)cccc2Br)c1. The second kappa shape index (κ2) is 6.11. The molecule has 20 heavy (non-hydrogen) atoms. The van der Waals surface area contributed by atoms with Gasteiger partial charge in [-0.1, -0.05) is 30.4 Å². The summed E-state index contributed by atoms with van der Waals surface area (Å²) in [7, 11) is 0. The molecule has 3 N–H and O–H groups in total. The van der Waals surface area contributed by atoms with E-state index in [1.165, 1.54) is 6.07 Å². The van der Waals surface area contributed by atoms with Crippen molar-refractivity contribution >= 4 is 44.7 Å². The highest BCUT2D eigenvalue weighted by atomic mass is 79.9. The van der Waals surface area contributed by atoms with Crippen LogP contribution in [0.15, 0.2) is 46.9 Å². The largest absolute Gasteiger partial charge is 0.389 e. The van der Waals surface area contributed by atoms with Crippen molar-refractivity contribution in [2.45, 2.75) is 0 Å². The van der Waals surface area contributed by atoms with Crippen molar-refractivity contribution in [3.8, 4) is 0 Å². The van der Waals surface area contributed by atoms with Crippen LogP contribution in [0.25, 0.3) is 0 Å². The van der Waals surface area contributed by atoms with Crippen molar-refractivity contribution in [2.75, 3.05) is 5.32 Å². The van der Waals surface area contributed by atoms with Crippen molar-refractivity contribution in [3.63, 3.8) is 0 Å². The molecule has 2 aromatic carbocycles. The van der Waals surface area contributed by atoms with Crippen molar-refractivity contribution < 1.29 is 9.18 Å². The third-order valence-corrected chi connectivity index (χ3v) is 3.51. The predicted molar refractivity (Wildman–Crippen MR) is 84.4 cm³/mol. The number of rotatable bonds is 3. The van der Waals surface area contributed by atoms with Crippen LogP contribution in [-0.4, -0.2) is 10.9 Å². The topological polar surface area (TPSA) is 55.1 Å². The molecule has 0 saturated heterocycles. The second-order valence-electron chi connectivity index (χ2n) is 4.00. The third kappa shape index (κ3) is 3.20. The quantitative estimate of drug-likeness (QED) is 0.831. The summed E-state index contributed by atoms with van der Waals surface area (Å²) in [5, 5.41) is 2.52. The summed E-state index contributed by atoms with van der Waals surface area (Å²) in [6.45, 7) is 0. The van der Waals surface area contributed by atoms with E-state index in [4.69, 9.17) is 18.0 Å². The second-order valence-corrected chi connectivity index (χ2v) is 5.29. The number of hydrogen-bond acceptors (Lipinski definition) is 2. The molecular formula is C14H10BrFN2OS. The average molecular weight is 353 g/mol. The van der Waals surface area contributed by atoms with Gasteiger partial charge in [-0.05, 0) is 40.2 Å². The molecule has 0 saturated carbocycles. The number of amides is 1. The van der Waals surface area contributed by atoms with E-state index in [0.29, 0.717) is 15.6 Å². The summed E-state index contributed by atoms with van der Waals surface area (Å²) in [6, 6.07) is 11.0. The molecule has 0 aromatic heterocycles. The average Bonchev–Trinajstić information content (AvgIpc) is 2.43. The van der Waals surface area contributed by atoms with E-state index in [2.05, 4.69) is 21.2 Å². The molecule has 0 heterocycles. The number of para-hydroxylation sites is 1. The first-order valence-corrected chi connectivity index (χ1v) is 6.84. The highest BCUT2D eigenvalue weighted by Gasteiger charge is 2.12. The minimum atomic E-state index is -0.516. The predicted octanol–water partition coefficient (Wildman–Crippen LogP) is 3.47. The van der Waals surface area contributed by atoms with E-state index in [-0.39, 0.29) is 10.7 Å². The Balaban J connectivity index is 2.29. The molecule has 0 spiro atoms. The summed E-state index contributed by atoms with van der Waals surface area (Å²) >= 11 is 8.05. The molecule has 2 aromatic rings. The van der Waals surface area contributed by atoms with Crippen LogP contribution in [-0.2, 0) is 0 Å². The Hall–Kier alpha value is -1.79. The van der Waals surface area contributed by atoms with E-state index in [0.717, 1.165) is 0 Å². The summed E-state index contributed by atoms with van der Waals surface area (Å²) in [5.74, 6) is -0.952. The van der Waals surface area contributed by atoms with Crippen LogP contribution >= 0.6 is 28.1 Å². The van der Waals surface area contributed by atoms with E-state index < -0.39 is 11.7 Å². The zero-order valence-electron chi connectivity index (χ0n) is 10.2. The maximum atomic E-state index is 13.6. The molecule has 0 aliphatic heterocycles. The van der Waals surface area contributed by atoms with Crippen LogP contribution in [0.1, 0.15) is 15.9 Å². The van der Waals surface area contributed by atoms with Crippen LogP contribution < -0.4 is 11.1 Å². The lowest BCUT2D eigenvalue weighted by Gasteiger charge is -2.09. The Labute approximate surface area is 129 Å². The van der Waals surface area contributed by atoms with Gasteiger partial charge in [0.15, 0.2) is 0 Å². The number of anilines is 1. The van der Waals surface area contributed by atoms with E-state index in [1.807, 2.05) is 0 Å². The fourth-order valence-electron chi connectivity index (χ4n) is 1.62. The molecule has 0 unspecified atom stereocenters. The number of nitrogens with two attached hydrogens (primary N) is 1. The minimum absolute atomic E-state index is 0.0956. The van der Waals surface area contributed by atoms with Crippen molar-refractivity contribution in [1.82, 2.24) is 0 Å². The van der Waals surface area contributed by atoms with E-state index in [9.17, 15) is 9.18 Å². The molecule has 6 heteroatoms. The van der Waals surface area contributed by atoms with Gasteiger partial charge in [-0.25, -0.2) is 4.39 Å². The molecule has 0 radical (unpaired) electrons. The van der Waals surface area contributed by atoms with Gasteiger partial charge in [-0.15, -0.1) is 0 Å². The summed E-state index contributed by atoms with van der Waals surface area (Å²) < 4.78 is 14.1. The number of nitrogens with one attached hydrogen (secondary N) is 1. The molecule has 0 fully saturated rings. The maximum absolute atomic E-state index is 13.6. The van der Waals surface area contributed by atoms with Crippen LogP contribution in [0.4, 0.5) is 10.1 Å². The number of hydrogen-bond donors (Lipinski definition) is 2. The van der Waals surface area contributed by atoms with Gasteiger partial charge >= 0.3 is 0 Å². The normalized spacial score (nSPS) is 10.1. The van der Waals surface area contributed by atoms with Gasteiger partial charge in [-0.2, -0.15) is 0 Å². The minimum Gasteiger partial charge on any atom is -0.389 e. The Bertz CT molecular complexity index is 670. The molecule has 0 aliphatic carbocycles. The van der Waals surface area contributed by atoms with Crippen LogP contribution in [0.3, 0.4) is 0 Å². The van der Waals surface area contributed by atoms with Crippen LogP contribution in [0, 0.1) is 5.82 Å². The Kier molecular flexibility index (Phi) is 4.46. The molecule has 102 valence electrons. The first-order chi connectivity index (χ1) is 9.49. The highest BCUT2D eigenvalue weighted by Crippen LogP contribution is 2.25. The van der Waals surface area contributed by atoms with Gasteiger partial charge in [-0.3, -0.25) is 4.79 Å². The molecule has 2 rings (SSSR count). The van der Waals surface area contributed by atoms with Crippen LogP contribution in [0.2, 0.25) is 0 Å². The summed E-state index contributed by atoms with van der Waals surface area (Å²) in [5.41, 5.74) is 6.55. The summed E-state index contributed by atoms with van der Waals surface area (Å²) in [4.78, 5) is 12.3. The third-order valence-electron chi connectivity index (χ3n) is 2.61. The Morgan fingerprint density at radius 1 is 1.20 bits per heavy atom. The molecule has 0 aliphatic rings. The lowest BCUT2D eigenvalue weighted by atomic mass is 10.1. The van der Waals surface area contributed by atoms with Crippen LogP contribution in [0.5, 0.6) is 0 Å². The Morgan fingerprint density at radius 2 is 1.85 bits per heavy atom. The number of carbonyl (C=O) groups excluding carboxylic acids is 1. The lowest BCUT2D eigenvalue weighted by molar-refractivity contribution is 0.102. The smallest absolute Gasteiger partial charge is 0.255 e. The lowest BCUT2D eigenvalue weighted by Crippen LogP contribution is -2.15. The first-order valence-electron chi connectivity index (χ1n) is 5.64. The monoisotopic (exact) mass is 352 g/mol. The molecule has 0 bridgehead atoms. The van der Waals surface area contributed by atoms with Gasteiger partial charge in [0.2, 0.25) is 0 Å². The fraction of sp³-hybridized carbons (Fsp3) is 0. The number of halogens is 2. The molecular weight excluding hydrogens is 343 g/mol. The molecule has 1 amide bonds. The standard InChI is InChI=1S/C14H10BrFN2OS/c15-10-5-2-6-11(16)12(10)18-14(19)9-4-1-3-8(7-9)13(17)20/h1-7H,(H2,17,20)(H,18,19).